The number of fused-ring (bicyclic) bond motifs is 1. The Balaban J connectivity index is 1.33. The molecule has 134 valence electrons. The number of carbonyl (C=O) groups excluding carboxylic acids is 1. The highest BCUT2D eigenvalue weighted by Gasteiger charge is 2.21. The minimum Gasteiger partial charge on any atom is -0.368 e. The summed E-state index contributed by atoms with van der Waals surface area (Å²) in [4.78, 5) is 16.9. The van der Waals surface area contributed by atoms with Crippen LogP contribution in [0, 0.1) is 6.92 Å². The van der Waals surface area contributed by atoms with Crippen LogP contribution in [0.1, 0.15) is 12.0 Å². The quantitative estimate of drug-likeness (QED) is 0.728. The number of hydrogen-bond donors (Lipinski definition) is 0. The minimum atomic E-state index is 0.216. The summed E-state index contributed by atoms with van der Waals surface area (Å²) in [5.41, 5.74) is 3.56. The van der Waals surface area contributed by atoms with Gasteiger partial charge in [0.1, 0.15) is 0 Å². The van der Waals surface area contributed by atoms with Crippen molar-refractivity contribution in [1.82, 2.24) is 14.7 Å². The summed E-state index contributed by atoms with van der Waals surface area (Å²) < 4.78 is 1.94. The molecule has 0 N–H and O–H groups in total. The van der Waals surface area contributed by atoms with Crippen molar-refractivity contribution in [3.05, 3.63) is 60.3 Å². The molecule has 1 amide bonds. The number of aryl methyl sites for hydroxylation is 2. The molecular formula is C21H24N4O. The predicted octanol–water partition coefficient (Wildman–Crippen LogP) is 3.08. The maximum absolute atomic E-state index is 12.6. The fourth-order valence-corrected chi connectivity index (χ4v) is 3.60. The lowest BCUT2D eigenvalue weighted by atomic mass is 10.2. The van der Waals surface area contributed by atoms with Crippen molar-refractivity contribution < 1.29 is 4.79 Å². The SMILES string of the molecule is Cc1ccc2c(cnn2CCC(=O)N2CCN(c3ccccc3)CC2)c1. The van der Waals surface area contributed by atoms with Crippen LogP contribution in [0.5, 0.6) is 0 Å². The van der Waals surface area contributed by atoms with Gasteiger partial charge in [-0.2, -0.15) is 5.10 Å². The normalized spacial score (nSPS) is 14.8. The number of benzene rings is 2. The molecule has 2 aromatic carbocycles. The third-order valence-electron chi connectivity index (χ3n) is 5.09. The monoisotopic (exact) mass is 348 g/mol. The zero-order chi connectivity index (χ0) is 17.9. The molecule has 1 aliphatic heterocycles. The summed E-state index contributed by atoms with van der Waals surface area (Å²) in [5, 5.41) is 5.58. The van der Waals surface area contributed by atoms with Crippen LogP contribution in [0.15, 0.2) is 54.7 Å². The van der Waals surface area contributed by atoms with Crippen LogP contribution in [0.25, 0.3) is 10.9 Å². The largest absolute Gasteiger partial charge is 0.368 e. The van der Waals surface area contributed by atoms with Crippen LogP contribution in [-0.4, -0.2) is 46.8 Å². The molecule has 1 aromatic heterocycles. The van der Waals surface area contributed by atoms with E-state index in [4.69, 9.17) is 0 Å². The van der Waals surface area contributed by atoms with E-state index < -0.39 is 0 Å². The molecule has 1 fully saturated rings. The molecule has 2 heterocycles. The van der Waals surface area contributed by atoms with E-state index >= 15 is 0 Å². The van der Waals surface area contributed by atoms with E-state index in [0.29, 0.717) is 13.0 Å². The lowest BCUT2D eigenvalue weighted by Crippen LogP contribution is -2.48. The number of piperazine rings is 1. The van der Waals surface area contributed by atoms with E-state index in [2.05, 4.69) is 59.4 Å². The first-order chi connectivity index (χ1) is 12.7. The lowest BCUT2D eigenvalue weighted by Gasteiger charge is -2.36. The van der Waals surface area contributed by atoms with Gasteiger partial charge in [-0.15, -0.1) is 0 Å². The highest BCUT2D eigenvalue weighted by molar-refractivity contribution is 5.80. The Bertz CT molecular complexity index is 895. The third kappa shape index (κ3) is 3.43. The van der Waals surface area contributed by atoms with E-state index in [1.54, 1.807) is 0 Å². The molecule has 4 rings (SSSR count). The topological polar surface area (TPSA) is 41.4 Å². The number of hydrogen-bond acceptors (Lipinski definition) is 3. The fraction of sp³-hybridized carbons (Fsp3) is 0.333. The molecule has 0 unspecified atom stereocenters. The molecule has 26 heavy (non-hydrogen) atoms. The van der Waals surface area contributed by atoms with Crippen molar-refractivity contribution in [1.29, 1.82) is 0 Å². The van der Waals surface area contributed by atoms with Gasteiger partial charge in [0.2, 0.25) is 5.91 Å². The zero-order valence-corrected chi connectivity index (χ0v) is 15.1. The van der Waals surface area contributed by atoms with Crippen LogP contribution in [0.2, 0.25) is 0 Å². The first-order valence-corrected chi connectivity index (χ1v) is 9.21. The molecule has 1 aliphatic rings. The van der Waals surface area contributed by atoms with E-state index in [9.17, 15) is 4.79 Å². The highest BCUT2D eigenvalue weighted by Crippen LogP contribution is 2.17. The van der Waals surface area contributed by atoms with Crippen molar-refractivity contribution in [3.8, 4) is 0 Å². The van der Waals surface area contributed by atoms with E-state index in [-0.39, 0.29) is 5.91 Å². The summed E-state index contributed by atoms with van der Waals surface area (Å²) in [7, 11) is 0. The molecule has 5 heteroatoms. The van der Waals surface area contributed by atoms with Crippen molar-refractivity contribution >= 4 is 22.5 Å². The molecule has 0 bridgehead atoms. The van der Waals surface area contributed by atoms with Gasteiger partial charge in [0, 0.05) is 43.7 Å². The number of rotatable bonds is 4. The first-order valence-electron chi connectivity index (χ1n) is 9.21. The number of nitrogens with zero attached hydrogens (tertiary/aromatic N) is 4. The van der Waals surface area contributed by atoms with Crippen LogP contribution in [-0.2, 0) is 11.3 Å². The lowest BCUT2D eigenvalue weighted by molar-refractivity contribution is -0.131. The Kier molecular flexibility index (Phi) is 4.61. The van der Waals surface area contributed by atoms with E-state index in [1.807, 2.05) is 21.8 Å². The Morgan fingerprint density at radius 3 is 2.58 bits per heavy atom. The van der Waals surface area contributed by atoms with Gasteiger partial charge in [-0.1, -0.05) is 29.8 Å². The van der Waals surface area contributed by atoms with Crippen LogP contribution in [0.4, 0.5) is 5.69 Å². The van der Waals surface area contributed by atoms with Crippen molar-refractivity contribution in [2.75, 3.05) is 31.1 Å². The van der Waals surface area contributed by atoms with Crippen molar-refractivity contribution in [3.63, 3.8) is 0 Å². The third-order valence-corrected chi connectivity index (χ3v) is 5.09. The number of carbonyl (C=O) groups is 1. The van der Waals surface area contributed by atoms with Gasteiger partial charge in [-0.25, -0.2) is 0 Å². The fourth-order valence-electron chi connectivity index (χ4n) is 3.60. The molecule has 0 spiro atoms. The number of anilines is 1. The molecule has 0 aliphatic carbocycles. The second kappa shape index (κ2) is 7.20. The average molecular weight is 348 g/mol. The van der Waals surface area contributed by atoms with Crippen molar-refractivity contribution in [2.24, 2.45) is 0 Å². The second-order valence-corrected chi connectivity index (χ2v) is 6.88. The Morgan fingerprint density at radius 2 is 1.81 bits per heavy atom. The highest BCUT2D eigenvalue weighted by atomic mass is 16.2. The van der Waals surface area contributed by atoms with Crippen LogP contribution < -0.4 is 4.90 Å². The van der Waals surface area contributed by atoms with E-state index in [1.165, 1.54) is 11.3 Å². The Labute approximate surface area is 153 Å². The summed E-state index contributed by atoms with van der Waals surface area (Å²) in [5.74, 6) is 0.216. The van der Waals surface area contributed by atoms with Gasteiger partial charge in [-0.05, 0) is 31.2 Å². The summed E-state index contributed by atoms with van der Waals surface area (Å²) >= 11 is 0. The molecular weight excluding hydrogens is 324 g/mol. The molecule has 0 saturated carbocycles. The molecule has 1 saturated heterocycles. The minimum absolute atomic E-state index is 0.216. The van der Waals surface area contributed by atoms with Gasteiger partial charge < -0.3 is 9.80 Å². The summed E-state index contributed by atoms with van der Waals surface area (Å²) in [6, 6.07) is 16.7. The Hall–Kier alpha value is -2.82. The van der Waals surface area contributed by atoms with Gasteiger partial charge in [-0.3, -0.25) is 9.48 Å². The molecule has 0 atom stereocenters. The standard InChI is InChI=1S/C21H24N4O/c1-17-7-8-20-18(15-17)16-22-25(20)10-9-21(26)24-13-11-23(12-14-24)19-5-3-2-4-6-19/h2-8,15-16H,9-14H2,1H3. The predicted molar refractivity (Wildman–Crippen MR) is 104 cm³/mol. The maximum atomic E-state index is 12.6. The number of amides is 1. The van der Waals surface area contributed by atoms with Gasteiger partial charge in [0.05, 0.1) is 18.3 Å². The van der Waals surface area contributed by atoms with Crippen molar-refractivity contribution in [2.45, 2.75) is 19.9 Å². The summed E-state index contributed by atoms with van der Waals surface area (Å²) in [6.45, 7) is 6.05. The summed E-state index contributed by atoms with van der Waals surface area (Å²) in [6.07, 6.45) is 2.38. The molecule has 5 nitrogen and oxygen atoms in total. The first kappa shape index (κ1) is 16.6. The average Bonchev–Trinajstić information content (AvgIpc) is 3.09. The zero-order valence-electron chi connectivity index (χ0n) is 15.1. The number of para-hydroxylation sites is 1. The second-order valence-electron chi connectivity index (χ2n) is 6.88. The smallest absolute Gasteiger partial charge is 0.224 e. The molecule has 0 radical (unpaired) electrons. The van der Waals surface area contributed by atoms with Gasteiger partial charge in [0.15, 0.2) is 0 Å². The van der Waals surface area contributed by atoms with Gasteiger partial charge >= 0.3 is 0 Å². The number of aromatic nitrogens is 2. The maximum Gasteiger partial charge on any atom is 0.224 e. The molecule has 3 aromatic rings. The van der Waals surface area contributed by atoms with Crippen LogP contribution >= 0.6 is 0 Å². The van der Waals surface area contributed by atoms with Crippen LogP contribution in [0.3, 0.4) is 0 Å². The van der Waals surface area contributed by atoms with Gasteiger partial charge in [0.25, 0.3) is 0 Å². The van der Waals surface area contributed by atoms with E-state index in [0.717, 1.165) is 37.1 Å². The Morgan fingerprint density at radius 1 is 1.04 bits per heavy atom.